The molecule has 0 radical (unpaired) electrons. The summed E-state index contributed by atoms with van der Waals surface area (Å²) in [4.78, 5) is 27.9. The van der Waals surface area contributed by atoms with Gasteiger partial charge < -0.3 is 29.7 Å². The molecule has 2 aliphatic heterocycles. The summed E-state index contributed by atoms with van der Waals surface area (Å²) in [5, 5.41) is 23.7. The number of nitro groups is 1. The number of nitro benzene ring substituents is 1. The average Bonchev–Trinajstić information content (AvgIpc) is 3.20. The second-order valence-corrected chi connectivity index (χ2v) is 11.5. The number of alkyl halides is 2. The van der Waals surface area contributed by atoms with Crippen molar-refractivity contribution >= 4 is 25.2 Å². The predicted molar refractivity (Wildman–Crippen MR) is 152 cm³/mol. The molecule has 0 amide bonds. The summed E-state index contributed by atoms with van der Waals surface area (Å²) >= 11 is 0. The van der Waals surface area contributed by atoms with Crippen LogP contribution in [0.25, 0.3) is 0 Å². The van der Waals surface area contributed by atoms with Crippen LogP contribution in [0.1, 0.15) is 25.5 Å². The Morgan fingerprint density at radius 3 is 2.55 bits per heavy atom. The third-order valence-electron chi connectivity index (χ3n) is 6.54. The van der Waals surface area contributed by atoms with Gasteiger partial charge in [0.25, 0.3) is 5.69 Å². The van der Waals surface area contributed by atoms with Gasteiger partial charge in [-0.15, -0.1) is 0 Å². The fourth-order valence-corrected chi connectivity index (χ4v) is 5.69. The Labute approximate surface area is 250 Å². The quantitative estimate of drug-likeness (QED) is 0.133. The Morgan fingerprint density at radius 2 is 1.93 bits per heavy atom. The van der Waals surface area contributed by atoms with Crippen LogP contribution in [0.4, 0.5) is 14.5 Å². The van der Waals surface area contributed by atoms with Gasteiger partial charge in [0.05, 0.1) is 11.5 Å². The van der Waals surface area contributed by atoms with E-state index >= 15 is 8.78 Å². The van der Waals surface area contributed by atoms with E-state index in [0.717, 1.165) is 4.90 Å². The minimum absolute atomic E-state index is 0.0350. The average molecular weight is 638 g/mol. The van der Waals surface area contributed by atoms with E-state index < -0.39 is 61.8 Å². The van der Waals surface area contributed by atoms with Crippen molar-refractivity contribution in [2.24, 2.45) is 10.7 Å². The summed E-state index contributed by atoms with van der Waals surface area (Å²) < 4.78 is 65.7. The number of ether oxygens (including phenoxy) is 2. The topological polar surface area (TPSA) is 188 Å². The number of halogens is 2. The summed E-state index contributed by atoms with van der Waals surface area (Å²) in [6, 6.07) is 11.7. The molecule has 1 saturated heterocycles. The number of carbonyl (C=O) groups excluding carboxylic acids is 1. The van der Waals surface area contributed by atoms with Gasteiger partial charge >= 0.3 is 19.6 Å². The first-order valence-corrected chi connectivity index (χ1v) is 14.7. The summed E-state index contributed by atoms with van der Waals surface area (Å²) in [6.07, 6.45) is -4.55. The van der Waals surface area contributed by atoms with Crippen LogP contribution in [-0.4, -0.2) is 63.7 Å². The number of carbonyl (C=O) groups is 1. The van der Waals surface area contributed by atoms with E-state index in [1.54, 1.807) is 18.2 Å². The molecule has 4 N–H and O–H groups in total. The number of para-hydroxylation sites is 1. The number of hydrogen-bond donors (Lipinski definition) is 3. The first-order valence-electron chi connectivity index (χ1n) is 13.1. The van der Waals surface area contributed by atoms with Crippen LogP contribution >= 0.6 is 7.75 Å². The van der Waals surface area contributed by atoms with E-state index in [2.05, 4.69) is 16.7 Å². The molecule has 17 heteroatoms. The summed E-state index contributed by atoms with van der Waals surface area (Å²) in [5.74, 6) is -4.79. The van der Waals surface area contributed by atoms with Gasteiger partial charge in [-0.2, -0.15) is 13.9 Å². The highest BCUT2D eigenvalue weighted by molar-refractivity contribution is 7.52. The predicted octanol–water partition coefficient (Wildman–Crippen LogP) is 3.76. The van der Waals surface area contributed by atoms with Crippen molar-refractivity contribution in [3.8, 4) is 5.75 Å². The number of non-ortho nitro benzene ring substituents is 1. The lowest BCUT2D eigenvalue weighted by atomic mass is 10.1. The molecule has 3 unspecified atom stereocenters. The Kier molecular flexibility index (Phi) is 9.81. The third-order valence-corrected chi connectivity index (χ3v) is 8.19. The van der Waals surface area contributed by atoms with Gasteiger partial charge in [0.1, 0.15) is 35.7 Å². The standard InChI is InChI=1S/C27H30F2N5O9P/c1-16(25(36)41-17(2)19-9-11-20(12-10-19)34(37)38)32-44(39,43-21-7-5-4-6-8-21)40-15-22-24(35)27(28,29)26(42-22)33-14-13-23(30)31-18(33)3/h4-14,16-17,22,24,26,35H,3,15H2,1-2H3,(H2,30,31)(H,32,39)/t16-,17?,22+,24?,26+,44?/m0/s1. The number of benzene rings is 2. The molecule has 2 heterocycles. The number of nitrogens with two attached hydrogens (primary N) is 1. The maximum absolute atomic E-state index is 15.1. The van der Waals surface area contributed by atoms with Gasteiger partial charge in [-0.1, -0.05) is 24.8 Å². The lowest BCUT2D eigenvalue weighted by Crippen LogP contribution is -2.47. The minimum Gasteiger partial charge on any atom is -0.457 e. The maximum atomic E-state index is 15.1. The molecule has 0 aliphatic carbocycles. The molecule has 4 rings (SSSR count). The number of nitrogens with zero attached hydrogens (tertiary/aromatic N) is 3. The molecule has 0 spiro atoms. The Hall–Kier alpha value is -4.21. The molecule has 1 fully saturated rings. The molecular weight excluding hydrogens is 607 g/mol. The van der Waals surface area contributed by atoms with Crippen LogP contribution in [0.2, 0.25) is 0 Å². The molecule has 2 aliphatic rings. The Balaban J connectivity index is 1.46. The van der Waals surface area contributed by atoms with Crippen molar-refractivity contribution in [2.75, 3.05) is 6.61 Å². The molecule has 14 nitrogen and oxygen atoms in total. The normalized spacial score (nSPS) is 23.8. The Morgan fingerprint density at radius 1 is 1.27 bits per heavy atom. The van der Waals surface area contributed by atoms with Crippen molar-refractivity contribution in [1.82, 2.24) is 9.99 Å². The van der Waals surface area contributed by atoms with Crippen LogP contribution in [0.15, 0.2) is 84.3 Å². The fourth-order valence-electron chi connectivity index (χ4n) is 4.19. The van der Waals surface area contributed by atoms with Crippen LogP contribution in [0, 0.1) is 10.1 Å². The van der Waals surface area contributed by atoms with Crippen molar-refractivity contribution in [2.45, 2.75) is 50.4 Å². The number of esters is 1. The lowest BCUT2D eigenvalue weighted by molar-refractivity contribution is -0.384. The maximum Gasteiger partial charge on any atom is 0.459 e. The van der Waals surface area contributed by atoms with E-state index in [1.807, 2.05) is 0 Å². The SMILES string of the molecule is C=C1N=C(N)C=CN1[C@@H]1O[C@H](COP(=O)(N[C@@H](C)C(=O)OC(C)c2ccc([N+](=O)[O-])cc2)Oc2ccccc2)C(O)C1(F)F. The van der Waals surface area contributed by atoms with Gasteiger partial charge in [0, 0.05) is 18.3 Å². The summed E-state index contributed by atoms with van der Waals surface area (Å²) in [6.45, 7) is 5.56. The highest BCUT2D eigenvalue weighted by atomic mass is 31.2. The van der Waals surface area contributed by atoms with E-state index in [0.29, 0.717) is 5.56 Å². The molecule has 0 bridgehead atoms. The number of nitrogens with one attached hydrogen (secondary N) is 1. The zero-order valence-electron chi connectivity index (χ0n) is 23.5. The number of aliphatic hydroxyl groups excluding tert-OH is 1. The van der Waals surface area contributed by atoms with Gasteiger partial charge in [0.15, 0.2) is 6.10 Å². The molecule has 6 atom stereocenters. The second kappa shape index (κ2) is 13.2. The van der Waals surface area contributed by atoms with Crippen LogP contribution < -0.4 is 15.3 Å². The van der Waals surface area contributed by atoms with Gasteiger partial charge in [-0.05, 0) is 49.8 Å². The minimum atomic E-state index is -4.52. The highest BCUT2D eigenvalue weighted by Gasteiger charge is 2.61. The highest BCUT2D eigenvalue weighted by Crippen LogP contribution is 2.47. The number of aliphatic imine (C=N–C) groups is 1. The molecule has 0 saturated carbocycles. The van der Waals surface area contributed by atoms with Crippen LogP contribution in [0.3, 0.4) is 0 Å². The molecule has 44 heavy (non-hydrogen) atoms. The van der Waals surface area contributed by atoms with E-state index in [4.69, 9.17) is 24.3 Å². The number of amidine groups is 1. The van der Waals surface area contributed by atoms with E-state index in [-0.39, 0.29) is 23.1 Å². The molecule has 2 aromatic rings. The number of hydrogen-bond acceptors (Lipinski definition) is 12. The van der Waals surface area contributed by atoms with Gasteiger partial charge in [-0.25, -0.2) is 9.56 Å². The fraction of sp³-hybridized carbons (Fsp3) is 0.333. The molecule has 0 aromatic heterocycles. The number of rotatable bonds is 12. The molecule has 2 aromatic carbocycles. The second-order valence-electron chi connectivity index (χ2n) is 9.80. The van der Waals surface area contributed by atoms with Crippen LogP contribution in [-0.2, 0) is 23.4 Å². The summed E-state index contributed by atoms with van der Waals surface area (Å²) in [7, 11) is -4.52. The van der Waals surface area contributed by atoms with Gasteiger partial charge in [0.2, 0.25) is 6.23 Å². The molecular formula is C27H30F2N5O9P. The largest absolute Gasteiger partial charge is 0.459 e. The van der Waals surface area contributed by atoms with Gasteiger partial charge in [-0.3, -0.25) is 19.4 Å². The van der Waals surface area contributed by atoms with Crippen molar-refractivity contribution in [3.05, 3.63) is 95.0 Å². The zero-order valence-corrected chi connectivity index (χ0v) is 24.4. The van der Waals surface area contributed by atoms with Crippen LogP contribution in [0.5, 0.6) is 5.75 Å². The smallest absolute Gasteiger partial charge is 0.457 e. The van der Waals surface area contributed by atoms with Crippen molar-refractivity contribution in [3.63, 3.8) is 0 Å². The molecule has 236 valence electrons. The third kappa shape index (κ3) is 7.46. The van der Waals surface area contributed by atoms with E-state index in [1.165, 1.54) is 62.5 Å². The van der Waals surface area contributed by atoms with E-state index in [9.17, 15) is 24.6 Å². The van der Waals surface area contributed by atoms with Crippen molar-refractivity contribution in [1.29, 1.82) is 0 Å². The Bertz CT molecular complexity index is 1490. The summed E-state index contributed by atoms with van der Waals surface area (Å²) in [5.41, 5.74) is 5.88. The number of aliphatic hydroxyl groups is 1. The first-order chi connectivity index (χ1) is 20.7. The lowest BCUT2D eigenvalue weighted by Gasteiger charge is -2.31. The first kappa shape index (κ1) is 32.7. The zero-order chi connectivity index (χ0) is 32.2. The monoisotopic (exact) mass is 637 g/mol. The van der Waals surface area contributed by atoms with Crippen molar-refractivity contribution < 1.29 is 46.7 Å².